The molecule has 0 amide bonds. The van der Waals surface area contributed by atoms with Crippen molar-refractivity contribution in [1.82, 2.24) is 20.1 Å². The van der Waals surface area contributed by atoms with Crippen molar-refractivity contribution in [2.45, 2.75) is 39.3 Å². The smallest absolute Gasteiger partial charge is 0.138 e. The van der Waals surface area contributed by atoms with Crippen LogP contribution < -0.4 is 5.32 Å². The monoisotopic (exact) mass is 290 g/mol. The normalized spacial score (nSPS) is 12.8. The molecule has 0 radical (unpaired) electrons. The van der Waals surface area contributed by atoms with E-state index in [2.05, 4.69) is 29.2 Å². The maximum Gasteiger partial charge on any atom is 0.138 e. The molecular weight excluding hydrogens is 267 g/mol. The van der Waals surface area contributed by atoms with Crippen LogP contribution in [-0.2, 0) is 19.4 Å². The van der Waals surface area contributed by atoms with Gasteiger partial charge in [-0.2, -0.15) is 5.10 Å². The van der Waals surface area contributed by atoms with E-state index in [-0.39, 0.29) is 11.9 Å². The van der Waals surface area contributed by atoms with Crippen molar-refractivity contribution in [3.63, 3.8) is 0 Å². The summed E-state index contributed by atoms with van der Waals surface area (Å²) < 4.78 is 15.2. The van der Waals surface area contributed by atoms with Crippen LogP contribution in [0.3, 0.4) is 0 Å². The fourth-order valence-corrected chi connectivity index (χ4v) is 2.39. The van der Waals surface area contributed by atoms with E-state index in [1.54, 1.807) is 18.5 Å². The minimum Gasteiger partial charge on any atom is -0.316 e. The second-order valence-corrected chi connectivity index (χ2v) is 5.78. The van der Waals surface area contributed by atoms with Crippen LogP contribution in [0.1, 0.15) is 25.2 Å². The molecule has 1 aromatic carbocycles. The highest BCUT2D eigenvalue weighted by atomic mass is 19.1. The number of halogens is 1. The molecule has 0 fully saturated rings. The predicted octanol–water partition coefficient (Wildman–Crippen LogP) is 2.45. The second kappa shape index (κ2) is 7.31. The Morgan fingerprint density at radius 2 is 2.10 bits per heavy atom. The molecule has 1 N–H and O–H groups in total. The minimum atomic E-state index is -0.190. The molecule has 0 spiro atoms. The van der Waals surface area contributed by atoms with Crippen molar-refractivity contribution >= 4 is 0 Å². The number of nitrogens with one attached hydrogen (secondary N) is 1. The van der Waals surface area contributed by atoms with E-state index in [1.165, 1.54) is 6.07 Å². The van der Waals surface area contributed by atoms with Gasteiger partial charge in [-0.25, -0.2) is 14.1 Å². The maximum atomic E-state index is 13.3. The summed E-state index contributed by atoms with van der Waals surface area (Å²) in [6.45, 7) is 5.19. The first-order valence-corrected chi connectivity index (χ1v) is 7.37. The van der Waals surface area contributed by atoms with Crippen LogP contribution >= 0.6 is 0 Å². The number of rotatable bonds is 7. The third kappa shape index (κ3) is 4.63. The Hall–Kier alpha value is -1.75. The third-order valence-electron chi connectivity index (χ3n) is 3.44. The zero-order valence-electron chi connectivity index (χ0n) is 12.9. The second-order valence-electron chi connectivity index (χ2n) is 5.78. The van der Waals surface area contributed by atoms with Gasteiger partial charge in [0.05, 0.1) is 0 Å². The number of nitrogens with zero attached hydrogens (tertiary/aromatic N) is 3. The van der Waals surface area contributed by atoms with Crippen LogP contribution in [0, 0.1) is 11.7 Å². The predicted molar refractivity (Wildman–Crippen MR) is 81.5 cm³/mol. The average Bonchev–Trinajstić information content (AvgIpc) is 2.84. The fraction of sp³-hybridized carbons (Fsp3) is 0.500. The first kappa shape index (κ1) is 15.6. The molecule has 114 valence electrons. The van der Waals surface area contributed by atoms with Gasteiger partial charge in [-0.05, 0) is 37.1 Å². The summed E-state index contributed by atoms with van der Waals surface area (Å²) in [5.41, 5.74) is 0.990. The molecule has 0 aliphatic rings. The van der Waals surface area contributed by atoms with Crippen LogP contribution in [0.25, 0.3) is 0 Å². The lowest BCUT2D eigenvalue weighted by Gasteiger charge is -2.17. The van der Waals surface area contributed by atoms with Gasteiger partial charge in [0.2, 0.25) is 0 Å². The zero-order valence-corrected chi connectivity index (χ0v) is 12.9. The number of aromatic nitrogens is 3. The number of likely N-dealkylation sites (N-methyl/N-ethyl adjacent to an activating group) is 1. The maximum absolute atomic E-state index is 13.3. The lowest BCUT2D eigenvalue weighted by molar-refractivity contribution is 0.447. The molecule has 0 aliphatic carbocycles. The first-order valence-electron chi connectivity index (χ1n) is 7.37. The van der Waals surface area contributed by atoms with Crippen molar-refractivity contribution in [3.05, 3.63) is 47.8 Å². The molecule has 4 nitrogen and oxygen atoms in total. The van der Waals surface area contributed by atoms with Crippen LogP contribution in [0.2, 0.25) is 0 Å². The highest BCUT2D eigenvalue weighted by Gasteiger charge is 2.14. The first-order chi connectivity index (χ1) is 10.1. The van der Waals surface area contributed by atoms with E-state index in [4.69, 9.17) is 0 Å². The van der Waals surface area contributed by atoms with E-state index in [1.807, 2.05) is 17.8 Å². The summed E-state index contributed by atoms with van der Waals surface area (Å²) >= 11 is 0. The lowest BCUT2D eigenvalue weighted by atomic mass is 10.0. The molecule has 5 heteroatoms. The van der Waals surface area contributed by atoms with Gasteiger partial charge in [-0.15, -0.1) is 0 Å². The summed E-state index contributed by atoms with van der Waals surface area (Å²) in [7, 11) is 1.92. The Morgan fingerprint density at radius 1 is 1.29 bits per heavy atom. The standard InChI is InChI=1S/C16H23FN4/c1-12(2)10-21-16(19-11-20-21)9-15(18-3)8-13-5-4-6-14(17)7-13/h4-7,11-12,15,18H,8-10H2,1-3H3. The number of hydrogen-bond acceptors (Lipinski definition) is 3. The van der Waals surface area contributed by atoms with E-state index < -0.39 is 0 Å². The number of hydrogen-bond donors (Lipinski definition) is 1. The van der Waals surface area contributed by atoms with Crippen LogP contribution in [0.4, 0.5) is 4.39 Å². The molecular formula is C16H23FN4. The summed E-state index contributed by atoms with van der Waals surface area (Å²) in [6, 6.07) is 6.97. The molecule has 0 saturated heterocycles. The van der Waals surface area contributed by atoms with Gasteiger partial charge in [-0.1, -0.05) is 26.0 Å². The van der Waals surface area contributed by atoms with Gasteiger partial charge in [0.1, 0.15) is 18.0 Å². The van der Waals surface area contributed by atoms with Crippen molar-refractivity contribution in [1.29, 1.82) is 0 Å². The molecule has 1 aromatic heterocycles. The Labute approximate surface area is 125 Å². The van der Waals surface area contributed by atoms with E-state index >= 15 is 0 Å². The Morgan fingerprint density at radius 3 is 2.76 bits per heavy atom. The minimum absolute atomic E-state index is 0.190. The molecule has 1 heterocycles. The molecule has 0 bridgehead atoms. The van der Waals surface area contributed by atoms with Crippen LogP contribution in [-0.4, -0.2) is 27.9 Å². The average molecular weight is 290 g/mol. The van der Waals surface area contributed by atoms with Crippen molar-refractivity contribution < 1.29 is 4.39 Å². The topological polar surface area (TPSA) is 42.7 Å². The van der Waals surface area contributed by atoms with Gasteiger partial charge in [0.15, 0.2) is 0 Å². The molecule has 2 rings (SSSR count). The van der Waals surface area contributed by atoms with Gasteiger partial charge in [0.25, 0.3) is 0 Å². The van der Waals surface area contributed by atoms with Gasteiger partial charge in [0, 0.05) is 19.0 Å². The highest BCUT2D eigenvalue weighted by molar-refractivity contribution is 5.17. The van der Waals surface area contributed by atoms with Crippen molar-refractivity contribution in [3.8, 4) is 0 Å². The third-order valence-corrected chi connectivity index (χ3v) is 3.44. The molecule has 1 unspecified atom stereocenters. The largest absolute Gasteiger partial charge is 0.316 e. The number of benzene rings is 1. The fourth-order valence-electron chi connectivity index (χ4n) is 2.39. The van der Waals surface area contributed by atoms with Crippen molar-refractivity contribution in [2.75, 3.05) is 7.05 Å². The van der Waals surface area contributed by atoms with Gasteiger partial charge >= 0.3 is 0 Å². The summed E-state index contributed by atoms with van der Waals surface area (Å²) in [5.74, 6) is 1.31. The molecule has 1 atom stereocenters. The van der Waals surface area contributed by atoms with Crippen molar-refractivity contribution in [2.24, 2.45) is 5.92 Å². The van der Waals surface area contributed by atoms with Gasteiger partial charge < -0.3 is 5.32 Å². The van der Waals surface area contributed by atoms with E-state index in [0.29, 0.717) is 5.92 Å². The lowest BCUT2D eigenvalue weighted by Crippen LogP contribution is -2.31. The van der Waals surface area contributed by atoms with E-state index in [9.17, 15) is 4.39 Å². The molecule has 21 heavy (non-hydrogen) atoms. The molecule has 0 saturated carbocycles. The zero-order chi connectivity index (χ0) is 15.2. The Balaban J connectivity index is 2.04. The summed E-state index contributed by atoms with van der Waals surface area (Å²) in [4.78, 5) is 4.35. The highest BCUT2D eigenvalue weighted by Crippen LogP contribution is 2.10. The molecule has 0 aliphatic heterocycles. The van der Waals surface area contributed by atoms with Crippen LogP contribution in [0.5, 0.6) is 0 Å². The SMILES string of the molecule is CNC(Cc1cccc(F)c1)Cc1ncnn1CC(C)C. The van der Waals surface area contributed by atoms with Crippen LogP contribution in [0.15, 0.2) is 30.6 Å². The quantitative estimate of drug-likeness (QED) is 0.851. The summed E-state index contributed by atoms with van der Waals surface area (Å²) in [5, 5.41) is 7.57. The Bertz CT molecular complexity index is 565. The van der Waals surface area contributed by atoms with E-state index in [0.717, 1.165) is 30.8 Å². The Kier molecular flexibility index (Phi) is 5.44. The molecule has 2 aromatic rings. The van der Waals surface area contributed by atoms with Gasteiger partial charge in [-0.3, -0.25) is 0 Å². The summed E-state index contributed by atoms with van der Waals surface area (Å²) in [6.07, 6.45) is 3.15.